The summed E-state index contributed by atoms with van der Waals surface area (Å²) in [4.78, 5) is 12.7. The summed E-state index contributed by atoms with van der Waals surface area (Å²) >= 11 is 0. The molecule has 3 atom stereocenters. The maximum Gasteiger partial charge on any atom is 0.261 e. The summed E-state index contributed by atoms with van der Waals surface area (Å²) in [6.45, 7) is 10.1. The van der Waals surface area contributed by atoms with Gasteiger partial charge >= 0.3 is 0 Å². The molecular weight excluding hydrogens is 494 g/mol. The molecule has 0 aromatic heterocycles. The van der Waals surface area contributed by atoms with Crippen LogP contribution in [0.25, 0.3) is 0 Å². The zero-order valence-corrected chi connectivity index (χ0v) is 26.1. The van der Waals surface area contributed by atoms with Crippen molar-refractivity contribution in [2.75, 3.05) is 6.61 Å². The Labute approximate surface area is 239 Å². The molecule has 1 N–H and O–H groups in total. The number of carbonyl (C=O) groups is 1. The fourth-order valence-electron chi connectivity index (χ4n) is 7.56. The SMILES string of the molecule is CCCCCCC(=O)CC[C@H]1CCCC[C@]12CC[C@@H](CO[Si](c1ccccc1)(c1ccccc1)C(C)(C)C)N2. The van der Waals surface area contributed by atoms with E-state index in [2.05, 4.69) is 93.7 Å². The van der Waals surface area contributed by atoms with Crippen LogP contribution in [0.3, 0.4) is 0 Å². The van der Waals surface area contributed by atoms with Crippen LogP contribution in [-0.4, -0.2) is 32.3 Å². The second kappa shape index (κ2) is 13.7. The third kappa shape index (κ3) is 7.12. The van der Waals surface area contributed by atoms with Gasteiger partial charge in [0.15, 0.2) is 0 Å². The summed E-state index contributed by atoms with van der Waals surface area (Å²) < 4.78 is 7.30. The molecule has 2 aromatic rings. The van der Waals surface area contributed by atoms with Gasteiger partial charge < -0.3 is 9.74 Å². The molecule has 1 saturated heterocycles. The van der Waals surface area contributed by atoms with Crippen molar-refractivity contribution < 1.29 is 9.22 Å². The fourth-order valence-corrected chi connectivity index (χ4v) is 12.2. The lowest BCUT2D eigenvalue weighted by Gasteiger charge is -2.44. The average molecular weight is 548 g/mol. The highest BCUT2D eigenvalue weighted by atomic mass is 28.4. The van der Waals surface area contributed by atoms with Crippen molar-refractivity contribution in [3.8, 4) is 0 Å². The second-order valence-corrected chi connectivity index (χ2v) is 17.6. The Hall–Kier alpha value is -1.75. The van der Waals surface area contributed by atoms with Crippen molar-refractivity contribution >= 4 is 24.5 Å². The van der Waals surface area contributed by atoms with Crippen molar-refractivity contribution in [3.63, 3.8) is 0 Å². The van der Waals surface area contributed by atoms with Gasteiger partial charge in [-0.2, -0.15) is 0 Å². The number of benzene rings is 2. The molecule has 4 heteroatoms. The highest BCUT2D eigenvalue weighted by Gasteiger charge is 2.51. The van der Waals surface area contributed by atoms with E-state index in [1.807, 2.05) is 0 Å². The van der Waals surface area contributed by atoms with Crippen LogP contribution in [0.15, 0.2) is 60.7 Å². The predicted molar refractivity (Wildman–Crippen MR) is 167 cm³/mol. The molecule has 2 aromatic carbocycles. The molecule has 0 radical (unpaired) electrons. The summed E-state index contributed by atoms with van der Waals surface area (Å²) in [6, 6.07) is 22.4. The van der Waals surface area contributed by atoms with Gasteiger partial charge in [0.25, 0.3) is 8.32 Å². The smallest absolute Gasteiger partial charge is 0.261 e. The summed E-state index contributed by atoms with van der Waals surface area (Å²) in [5, 5.41) is 6.85. The Morgan fingerprint density at radius 3 is 2.18 bits per heavy atom. The van der Waals surface area contributed by atoms with Crippen LogP contribution in [0, 0.1) is 5.92 Å². The Kier molecular flexibility index (Phi) is 10.6. The van der Waals surface area contributed by atoms with E-state index in [0.717, 1.165) is 32.3 Å². The van der Waals surface area contributed by atoms with Crippen molar-refractivity contribution in [1.82, 2.24) is 5.32 Å². The number of carbonyl (C=O) groups excluding carboxylic acids is 1. The highest BCUT2D eigenvalue weighted by molar-refractivity contribution is 6.99. The topological polar surface area (TPSA) is 38.3 Å². The number of unbranched alkanes of at least 4 members (excludes halogenated alkanes) is 3. The Morgan fingerprint density at radius 1 is 0.897 bits per heavy atom. The first kappa shape index (κ1) is 30.2. The van der Waals surface area contributed by atoms with E-state index in [-0.39, 0.29) is 10.6 Å². The monoisotopic (exact) mass is 547 g/mol. The zero-order valence-electron chi connectivity index (χ0n) is 25.1. The minimum Gasteiger partial charge on any atom is -0.406 e. The number of hydrogen-bond acceptors (Lipinski definition) is 3. The summed E-state index contributed by atoms with van der Waals surface area (Å²) in [7, 11) is -2.53. The van der Waals surface area contributed by atoms with Gasteiger partial charge in [0.1, 0.15) is 5.78 Å². The lowest BCUT2D eigenvalue weighted by atomic mass is 9.70. The molecule has 1 aliphatic carbocycles. The summed E-state index contributed by atoms with van der Waals surface area (Å²) in [6.07, 6.45) is 14.9. The molecule has 2 fully saturated rings. The van der Waals surface area contributed by atoms with E-state index >= 15 is 0 Å². The van der Waals surface area contributed by atoms with Crippen molar-refractivity contribution in [1.29, 1.82) is 0 Å². The van der Waals surface area contributed by atoms with Gasteiger partial charge in [-0.3, -0.25) is 4.79 Å². The molecular formula is C35H53NO2Si. The summed E-state index contributed by atoms with van der Waals surface area (Å²) in [5.41, 5.74) is 0.195. The van der Waals surface area contributed by atoms with Crippen LogP contribution < -0.4 is 15.7 Å². The molecule has 0 unspecified atom stereocenters. The molecule has 214 valence electrons. The molecule has 2 aliphatic rings. The Morgan fingerprint density at radius 2 is 1.56 bits per heavy atom. The van der Waals surface area contributed by atoms with E-state index in [1.54, 1.807) is 0 Å². The largest absolute Gasteiger partial charge is 0.406 e. The number of Topliss-reactive ketones (excluding diaryl/α,β-unsaturated/α-hetero) is 1. The predicted octanol–water partition coefficient (Wildman–Crippen LogP) is 7.56. The van der Waals surface area contributed by atoms with Gasteiger partial charge in [0.2, 0.25) is 0 Å². The lowest BCUT2D eigenvalue weighted by Crippen LogP contribution is -2.67. The minimum atomic E-state index is -2.53. The highest BCUT2D eigenvalue weighted by Crippen LogP contribution is 2.44. The second-order valence-electron chi connectivity index (χ2n) is 13.3. The van der Waals surface area contributed by atoms with E-state index in [1.165, 1.54) is 68.2 Å². The standard InChI is InChI=1S/C35H53NO2Si/c1-5-6-7-10-18-31(37)24-23-29-17-15-16-26-35(29)27-25-30(36-35)28-38-39(34(2,3)4,32-19-11-8-12-20-32)33-21-13-9-14-22-33/h8-9,11-14,19-22,29-30,36H,5-7,10,15-18,23-28H2,1-4H3/t29-,30+,35+/m1/s1. The Balaban J connectivity index is 1.45. The molecule has 1 spiro atoms. The van der Waals surface area contributed by atoms with Gasteiger partial charge in [-0.25, -0.2) is 0 Å². The van der Waals surface area contributed by atoms with E-state index in [4.69, 9.17) is 4.43 Å². The van der Waals surface area contributed by atoms with E-state index in [9.17, 15) is 4.79 Å². The molecule has 1 heterocycles. The third-order valence-corrected chi connectivity index (χ3v) is 14.6. The van der Waals surface area contributed by atoms with Crippen LogP contribution >= 0.6 is 0 Å². The molecule has 0 amide bonds. The van der Waals surface area contributed by atoms with Crippen LogP contribution in [-0.2, 0) is 9.22 Å². The van der Waals surface area contributed by atoms with Crippen LogP contribution in [0.4, 0.5) is 0 Å². The first-order chi connectivity index (χ1) is 18.8. The molecule has 1 aliphatic heterocycles. The van der Waals surface area contributed by atoms with Crippen LogP contribution in [0.5, 0.6) is 0 Å². The molecule has 39 heavy (non-hydrogen) atoms. The van der Waals surface area contributed by atoms with Gasteiger partial charge in [-0.05, 0) is 59.9 Å². The first-order valence-corrected chi connectivity index (χ1v) is 17.8. The fraction of sp³-hybridized carbons (Fsp3) is 0.629. The zero-order chi connectivity index (χ0) is 27.8. The van der Waals surface area contributed by atoms with E-state index < -0.39 is 8.32 Å². The number of ketones is 1. The number of rotatable bonds is 13. The lowest BCUT2D eigenvalue weighted by molar-refractivity contribution is -0.119. The maximum atomic E-state index is 12.7. The molecule has 3 nitrogen and oxygen atoms in total. The number of hydrogen-bond donors (Lipinski definition) is 1. The van der Waals surface area contributed by atoms with Crippen molar-refractivity contribution in [3.05, 3.63) is 60.7 Å². The van der Waals surface area contributed by atoms with Gasteiger partial charge in [-0.1, -0.05) is 120 Å². The van der Waals surface area contributed by atoms with Crippen LogP contribution in [0.1, 0.15) is 111 Å². The van der Waals surface area contributed by atoms with Gasteiger partial charge in [0.05, 0.1) is 6.61 Å². The first-order valence-electron chi connectivity index (χ1n) is 15.8. The van der Waals surface area contributed by atoms with E-state index in [0.29, 0.717) is 17.7 Å². The van der Waals surface area contributed by atoms with Crippen molar-refractivity contribution in [2.45, 2.75) is 128 Å². The third-order valence-electron chi connectivity index (χ3n) is 9.64. The number of nitrogens with one attached hydrogen (secondary N) is 1. The Bertz CT molecular complexity index is 978. The van der Waals surface area contributed by atoms with Gasteiger partial charge in [-0.15, -0.1) is 0 Å². The van der Waals surface area contributed by atoms with Gasteiger partial charge in [0, 0.05) is 24.4 Å². The average Bonchev–Trinajstić information content (AvgIpc) is 3.34. The normalized spacial score (nSPS) is 23.8. The van der Waals surface area contributed by atoms with Crippen molar-refractivity contribution in [2.24, 2.45) is 5.92 Å². The molecule has 4 rings (SSSR count). The van der Waals surface area contributed by atoms with Crippen LogP contribution in [0.2, 0.25) is 5.04 Å². The summed E-state index contributed by atoms with van der Waals surface area (Å²) in [5.74, 6) is 1.10. The quantitative estimate of drug-likeness (QED) is 0.208. The minimum absolute atomic E-state index is 0.00311. The molecule has 0 bridgehead atoms. The molecule has 1 saturated carbocycles. The maximum absolute atomic E-state index is 12.7.